The van der Waals surface area contributed by atoms with Crippen LogP contribution in [-0.2, 0) is 17.9 Å². The molecule has 2 aromatic carbocycles. The molecule has 0 unspecified atom stereocenters. The molecular formula is C26H26FN7O2. The number of ether oxygens (including phenoxy) is 1. The fourth-order valence-electron chi connectivity index (χ4n) is 3.92. The maximum Gasteiger partial charge on any atom is 0.204 e. The number of nitrogens with two attached hydrogens (primary N) is 1. The number of nitrogens with one attached hydrogen (secondary N) is 1. The predicted molar refractivity (Wildman–Crippen MR) is 135 cm³/mol. The average molecular weight is 488 g/mol. The van der Waals surface area contributed by atoms with E-state index in [-0.39, 0.29) is 12.2 Å². The van der Waals surface area contributed by atoms with Crippen molar-refractivity contribution in [2.45, 2.75) is 20.0 Å². The van der Waals surface area contributed by atoms with Gasteiger partial charge in [-0.3, -0.25) is 9.89 Å². The van der Waals surface area contributed by atoms with Gasteiger partial charge >= 0.3 is 0 Å². The molecule has 5 aromatic rings. The summed E-state index contributed by atoms with van der Waals surface area (Å²) in [5.41, 5.74) is 9.87. The highest BCUT2D eigenvalue weighted by Crippen LogP contribution is 2.31. The minimum atomic E-state index is -0.200. The van der Waals surface area contributed by atoms with Crippen molar-refractivity contribution in [3.8, 4) is 17.0 Å². The molecule has 0 aliphatic carbocycles. The van der Waals surface area contributed by atoms with Gasteiger partial charge < -0.3 is 15.4 Å². The molecule has 184 valence electrons. The number of benzene rings is 2. The molecule has 4 heterocycles. The van der Waals surface area contributed by atoms with Crippen LogP contribution in [0.4, 0.5) is 10.2 Å². The number of amides is 1. The normalized spacial score (nSPS) is 11.7. The van der Waals surface area contributed by atoms with E-state index in [4.69, 9.17) is 14.5 Å². The molecule has 0 spiro atoms. The van der Waals surface area contributed by atoms with E-state index in [1.807, 2.05) is 66.2 Å². The van der Waals surface area contributed by atoms with Gasteiger partial charge in [-0.1, -0.05) is 24.3 Å². The lowest BCUT2D eigenvalue weighted by Gasteiger charge is -2.17. The molecule has 36 heavy (non-hydrogen) atoms. The van der Waals surface area contributed by atoms with Gasteiger partial charge in [0.1, 0.15) is 17.4 Å². The topological polar surface area (TPSA) is 114 Å². The number of para-hydroxylation sites is 1. The number of hydrogen-bond acceptors (Lipinski definition) is 6. The van der Waals surface area contributed by atoms with Crippen molar-refractivity contribution in [3.63, 3.8) is 0 Å². The van der Waals surface area contributed by atoms with Crippen LogP contribution in [0.5, 0.6) is 5.75 Å². The number of primary amides is 1. The van der Waals surface area contributed by atoms with E-state index in [1.54, 1.807) is 19.4 Å². The first-order valence-electron chi connectivity index (χ1n) is 11.2. The summed E-state index contributed by atoms with van der Waals surface area (Å²) >= 11 is 0. The number of hydrogen-bond donors (Lipinski definition) is 2. The number of anilines is 1. The number of carbonyl (C=O) groups excluding carboxylic acids is 1. The van der Waals surface area contributed by atoms with E-state index < -0.39 is 0 Å². The first-order chi connectivity index (χ1) is 17.5. The van der Waals surface area contributed by atoms with Crippen LogP contribution in [0.25, 0.3) is 16.9 Å². The number of fused-ring (bicyclic) bond motifs is 2. The first-order valence-corrected chi connectivity index (χ1v) is 11.2. The summed E-state index contributed by atoms with van der Waals surface area (Å²) < 4.78 is 20.2. The Labute approximate surface area is 207 Å². The van der Waals surface area contributed by atoms with Gasteiger partial charge in [0.25, 0.3) is 0 Å². The number of nitrogens with zero attached hydrogens (tertiary/aromatic N) is 5. The highest BCUT2D eigenvalue weighted by molar-refractivity contribution is 5.67. The summed E-state index contributed by atoms with van der Waals surface area (Å²) in [4.78, 5) is 15.5. The van der Waals surface area contributed by atoms with Crippen molar-refractivity contribution in [1.29, 1.82) is 0 Å². The number of carbonyl (C=O) groups is 1. The quantitative estimate of drug-likeness (QED) is 0.373. The molecule has 0 radical (unpaired) electrons. The lowest BCUT2D eigenvalue weighted by atomic mass is 10.1. The summed E-state index contributed by atoms with van der Waals surface area (Å²) in [6.07, 6.45) is 3.85. The van der Waals surface area contributed by atoms with Gasteiger partial charge in [-0.05, 0) is 42.3 Å². The Hall–Kier alpha value is -4.73. The Morgan fingerprint density at radius 2 is 1.83 bits per heavy atom. The van der Waals surface area contributed by atoms with Crippen molar-refractivity contribution < 1.29 is 13.9 Å². The van der Waals surface area contributed by atoms with Crippen molar-refractivity contribution in [1.82, 2.24) is 24.8 Å². The Morgan fingerprint density at radius 3 is 2.50 bits per heavy atom. The molecule has 10 heteroatoms. The molecule has 0 saturated carbocycles. The maximum atomic E-state index is 13.5. The molecule has 0 saturated heterocycles. The van der Waals surface area contributed by atoms with E-state index in [9.17, 15) is 4.39 Å². The number of aromatic amines is 1. The Bertz CT molecular complexity index is 1440. The van der Waals surface area contributed by atoms with Crippen LogP contribution in [0.2, 0.25) is 0 Å². The largest absolute Gasteiger partial charge is 0.497 e. The Kier molecular flexibility index (Phi) is 7.54. The number of rotatable bonds is 3. The summed E-state index contributed by atoms with van der Waals surface area (Å²) in [5.74, 6) is 1.56. The maximum absolute atomic E-state index is 13.5. The highest BCUT2D eigenvalue weighted by Gasteiger charge is 2.22. The van der Waals surface area contributed by atoms with E-state index in [0.29, 0.717) is 6.54 Å². The number of aryl methyl sites for hydroxylation is 1. The lowest BCUT2D eigenvalue weighted by molar-refractivity contribution is -0.106. The van der Waals surface area contributed by atoms with Crippen LogP contribution in [0, 0.1) is 12.7 Å². The summed E-state index contributed by atoms with van der Waals surface area (Å²) in [5, 5.41) is 11.4. The van der Waals surface area contributed by atoms with Crippen LogP contribution in [-0.4, -0.2) is 38.3 Å². The van der Waals surface area contributed by atoms with Crippen molar-refractivity contribution in [2.24, 2.45) is 5.73 Å². The highest BCUT2D eigenvalue weighted by atomic mass is 19.1. The predicted octanol–water partition coefficient (Wildman–Crippen LogP) is 3.88. The number of methoxy groups -OCH3 is 1. The number of halogens is 1. The van der Waals surface area contributed by atoms with Gasteiger partial charge in [0.2, 0.25) is 6.41 Å². The van der Waals surface area contributed by atoms with Gasteiger partial charge in [-0.2, -0.15) is 10.2 Å². The molecule has 3 aromatic heterocycles. The third-order valence-electron chi connectivity index (χ3n) is 5.52. The zero-order valence-corrected chi connectivity index (χ0v) is 19.9. The van der Waals surface area contributed by atoms with Crippen LogP contribution in [0.3, 0.4) is 0 Å². The minimum absolute atomic E-state index is 0.200. The van der Waals surface area contributed by atoms with Gasteiger partial charge in [-0.25, -0.2) is 13.9 Å². The second-order valence-corrected chi connectivity index (χ2v) is 7.96. The molecular weight excluding hydrogens is 461 g/mol. The molecule has 1 amide bonds. The smallest absolute Gasteiger partial charge is 0.204 e. The lowest BCUT2D eigenvalue weighted by Crippen LogP contribution is -2.17. The van der Waals surface area contributed by atoms with Gasteiger partial charge in [0.05, 0.1) is 24.7 Å². The molecule has 0 fully saturated rings. The molecule has 0 bridgehead atoms. The zero-order chi connectivity index (χ0) is 25.5. The fraction of sp³-hybridized carbons (Fsp3) is 0.154. The van der Waals surface area contributed by atoms with Crippen LogP contribution < -0.4 is 15.4 Å². The second-order valence-electron chi connectivity index (χ2n) is 7.96. The van der Waals surface area contributed by atoms with E-state index in [0.717, 1.165) is 51.8 Å². The zero-order valence-electron chi connectivity index (χ0n) is 19.9. The Morgan fingerprint density at radius 1 is 1.08 bits per heavy atom. The van der Waals surface area contributed by atoms with Gasteiger partial charge in [0, 0.05) is 37.0 Å². The Balaban J connectivity index is 0.000000233. The van der Waals surface area contributed by atoms with E-state index in [2.05, 4.69) is 25.9 Å². The average Bonchev–Trinajstić information content (AvgIpc) is 3.63. The second kappa shape index (κ2) is 11.1. The first kappa shape index (κ1) is 24.4. The SMILES string of the molecule is COc1ccccc1.Cc1cc2nc(N3Cc4ccc(F)cc4C3)cc(-c3cn[nH]c3)n2n1.NC=O. The number of H-pyrrole nitrogens is 1. The van der Waals surface area contributed by atoms with E-state index >= 15 is 0 Å². The standard InChI is InChI=1S/C18H15FN6.C7H8O.CH3NO/c1-11-4-18-22-17(6-16(25(18)23-11)14-7-20-21-8-14)24-9-12-2-3-15(19)5-13(12)10-24;1-8-7-5-3-2-4-6-7;2-1-3/h2-8H,9-10H2,1H3,(H,20,21);2-6H,1H3;1H,(H2,2,3). The molecule has 1 aliphatic rings. The van der Waals surface area contributed by atoms with Gasteiger partial charge in [0.15, 0.2) is 5.65 Å². The number of aromatic nitrogens is 5. The summed E-state index contributed by atoms with van der Waals surface area (Å²) in [6.45, 7) is 3.31. The molecule has 9 nitrogen and oxygen atoms in total. The van der Waals surface area contributed by atoms with Gasteiger partial charge in [-0.15, -0.1) is 0 Å². The molecule has 1 aliphatic heterocycles. The van der Waals surface area contributed by atoms with Crippen LogP contribution in [0.1, 0.15) is 16.8 Å². The third kappa shape index (κ3) is 5.49. The van der Waals surface area contributed by atoms with Crippen molar-refractivity contribution >= 4 is 17.9 Å². The van der Waals surface area contributed by atoms with Crippen LogP contribution in [0.15, 0.2) is 73.1 Å². The molecule has 0 atom stereocenters. The van der Waals surface area contributed by atoms with Crippen molar-refractivity contribution in [2.75, 3.05) is 12.0 Å². The molecule has 3 N–H and O–H groups in total. The fourth-order valence-corrected chi connectivity index (χ4v) is 3.92. The minimum Gasteiger partial charge on any atom is -0.497 e. The summed E-state index contributed by atoms with van der Waals surface area (Å²) in [7, 11) is 1.66. The van der Waals surface area contributed by atoms with E-state index in [1.165, 1.54) is 6.07 Å². The van der Waals surface area contributed by atoms with Crippen LogP contribution >= 0.6 is 0 Å². The van der Waals surface area contributed by atoms with Crippen molar-refractivity contribution in [3.05, 3.63) is 95.7 Å². The monoisotopic (exact) mass is 487 g/mol. The summed E-state index contributed by atoms with van der Waals surface area (Å²) in [6, 6.07) is 18.6. The molecule has 6 rings (SSSR count). The third-order valence-corrected chi connectivity index (χ3v) is 5.52.